The molecule has 1 fully saturated rings. The lowest BCUT2D eigenvalue weighted by molar-refractivity contribution is -0.0296. The maximum absolute atomic E-state index is 12.2. The molecule has 1 aliphatic heterocycles. The number of rotatable bonds is 3. The fourth-order valence-corrected chi connectivity index (χ4v) is 2.50. The molecular weight excluding hydrogens is 278 g/mol. The summed E-state index contributed by atoms with van der Waals surface area (Å²) in [5, 5.41) is 0. The SMILES string of the molecule is O=C(OCc1ccccc1)N1CCO[C@H](c2ccccc2)C1. The number of hydrogen-bond donors (Lipinski definition) is 0. The summed E-state index contributed by atoms with van der Waals surface area (Å²) in [5.41, 5.74) is 2.08. The van der Waals surface area contributed by atoms with Gasteiger partial charge in [-0.1, -0.05) is 60.7 Å². The maximum atomic E-state index is 12.2. The van der Waals surface area contributed by atoms with Crippen molar-refractivity contribution in [2.24, 2.45) is 0 Å². The molecular formula is C18H19NO3. The summed E-state index contributed by atoms with van der Waals surface area (Å²) >= 11 is 0. The van der Waals surface area contributed by atoms with Crippen molar-refractivity contribution < 1.29 is 14.3 Å². The van der Waals surface area contributed by atoms with E-state index in [2.05, 4.69) is 0 Å². The van der Waals surface area contributed by atoms with Crippen LogP contribution in [0.15, 0.2) is 60.7 Å². The van der Waals surface area contributed by atoms with Crippen LogP contribution >= 0.6 is 0 Å². The van der Waals surface area contributed by atoms with Crippen LogP contribution in [0.4, 0.5) is 4.79 Å². The highest BCUT2D eigenvalue weighted by atomic mass is 16.6. The lowest BCUT2D eigenvalue weighted by Gasteiger charge is -2.32. The van der Waals surface area contributed by atoms with E-state index in [9.17, 15) is 4.79 Å². The van der Waals surface area contributed by atoms with E-state index in [0.29, 0.717) is 26.3 Å². The molecule has 4 heteroatoms. The Balaban J connectivity index is 1.56. The van der Waals surface area contributed by atoms with Gasteiger partial charge in [-0.2, -0.15) is 0 Å². The molecule has 1 amide bonds. The molecule has 2 aromatic rings. The second-order valence-corrected chi connectivity index (χ2v) is 5.26. The molecule has 2 aromatic carbocycles. The first kappa shape index (κ1) is 14.6. The van der Waals surface area contributed by atoms with E-state index in [1.165, 1.54) is 0 Å². The quantitative estimate of drug-likeness (QED) is 0.871. The lowest BCUT2D eigenvalue weighted by Crippen LogP contribution is -2.42. The second-order valence-electron chi connectivity index (χ2n) is 5.26. The van der Waals surface area contributed by atoms with Gasteiger partial charge >= 0.3 is 6.09 Å². The first-order chi connectivity index (χ1) is 10.8. The molecule has 1 aliphatic rings. The van der Waals surface area contributed by atoms with Crippen molar-refractivity contribution in [2.45, 2.75) is 12.7 Å². The molecule has 0 aromatic heterocycles. The molecule has 1 saturated heterocycles. The number of carbonyl (C=O) groups is 1. The third-order valence-corrected chi connectivity index (χ3v) is 3.70. The number of ether oxygens (including phenoxy) is 2. The summed E-state index contributed by atoms with van der Waals surface area (Å²) in [6, 6.07) is 19.7. The molecule has 114 valence electrons. The highest BCUT2D eigenvalue weighted by molar-refractivity contribution is 5.67. The van der Waals surface area contributed by atoms with Crippen molar-refractivity contribution in [3.8, 4) is 0 Å². The Morgan fingerprint density at radius 2 is 1.77 bits per heavy atom. The van der Waals surface area contributed by atoms with Crippen molar-refractivity contribution in [1.29, 1.82) is 0 Å². The van der Waals surface area contributed by atoms with Crippen LogP contribution in [-0.2, 0) is 16.1 Å². The third kappa shape index (κ3) is 3.65. The molecule has 0 saturated carbocycles. The van der Waals surface area contributed by atoms with Gasteiger partial charge in [-0.25, -0.2) is 4.79 Å². The average Bonchev–Trinajstić information content (AvgIpc) is 2.61. The van der Waals surface area contributed by atoms with Crippen molar-refractivity contribution >= 4 is 6.09 Å². The van der Waals surface area contributed by atoms with Crippen LogP contribution in [0.1, 0.15) is 17.2 Å². The van der Waals surface area contributed by atoms with E-state index < -0.39 is 0 Å². The summed E-state index contributed by atoms with van der Waals surface area (Å²) in [7, 11) is 0. The molecule has 0 bridgehead atoms. The minimum atomic E-state index is -0.284. The van der Waals surface area contributed by atoms with Gasteiger partial charge in [0.25, 0.3) is 0 Å². The van der Waals surface area contributed by atoms with E-state index in [0.717, 1.165) is 11.1 Å². The Morgan fingerprint density at radius 3 is 2.50 bits per heavy atom. The van der Waals surface area contributed by atoms with Gasteiger partial charge in [0.05, 0.1) is 13.2 Å². The number of hydrogen-bond acceptors (Lipinski definition) is 3. The molecule has 0 N–H and O–H groups in total. The monoisotopic (exact) mass is 297 g/mol. The smallest absolute Gasteiger partial charge is 0.410 e. The zero-order valence-electron chi connectivity index (χ0n) is 12.4. The Bertz CT molecular complexity index is 600. The van der Waals surface area contributed by atoms with Crippen LogP contribution in [0, 0.1) is 0 Å². The summed E-state index contributed by atoms with van der Waals surface area (Å²) < 4.78 is 11.1. The van der Waals surface area contributed by atoms with Gasteiger partial charge < -0.3 is 14.4 Å². The Morgan fingerprint density at radius 1 is 1.09 bits per heavy atom. The zero-order chi connectivity index (χ0) is 15.2. The number of nitrogens with zero attached hydrogens (tertiary/aromatic N) is 1. The maximum Gasteiger partial charge on any atom is 0.410 e. The fourth-order valence-electron chi connectivity index (χ4n) is 2.50. The standard InChI is InChI=1S/C18H19NO3/c20-18(22-14-15-7-3-1-4-8-15)19-11-12-21-17(13-19)16-9-5-2-6-10-16/h1-10,17H,11-14H2/t17-/m0/s1. The first-order valence-corrected chi connectivity index (χ1v) is 7.45. The van der Waals surface area contributed by atoms with Crippen molar-refractivity contribution in [2.75, 3.05) is 19.7 Å². The van der Waals surface area contributed by atoms with Crippen LogP contribution in [0.3, 0.4) is 0 Å². The Labute approximate surface area is 130 Å². The molecule has 0 aliphatic carbocycles. The van der Waals surface area contributed by atoms with E-state index in [1.807, 2.05) is 60.7 Å². The zero-order valence-corrected chi connectivity index (χ0v) is 12.4. The van der Waals surface area contributed by atoms with Crippen molar-refractivity contribution in [1.82, 2.24) is 4.90 Å². The number of morpholine rings is 1. The lowest BCUT2D eigenvalue weighted by atomic mass is 10.1. The predicted molar refractivity (Wildman–Crippen MR) is 83.3 cm³/mol. The molecule has 0 unspecified atom stereocenters. The van der Waals surface area contributed by atoms with Crippen LogP contribution < -0.4 is 0 Å². The van der Waals surface area contributed by atoms with Gasteiger partial charge in [-0.05, 0) is 11.1 Å². The normalized spacial score (nSPS) is 18.0. The summed E-state index contributed by atoms with van der Waals surface area (Å²) in [6.07, 6.45) is -0.368. The Hall–Kier alpha value is -2.33. The predicted octanol–water partition coefficient (Wildman–Crippen LogP) is 3.40. The van der Waals surface area contributed by atoms with Crippen LogP contribution in [0.25, 0.3) is 0 Å². The van der Waals surface area contributed by atoms with Gasteiger partial charge in [-0.15, -0.1) is 0 Å². The number of carbonyl (C=O) groups excluding carboxylic acids is 1. The van der Waals surface area contributed by atoms with Crippen molar-refractivity contribution in [3.63, 3.8) is 0 Å². The number of amides is 1. The van der Waals surface area contributed by atoms with E-state index in [4.69, 9.17) is 9.47 Å². The molecule has 0 spiro atoms. The van der Waals surface area contributed by atoms with Gasteiger partial charge in [-0.3, -0.25) is 0 Å². The van der Waals surface area contributed by atoms with Gasteiger partial charge in [0.1, 0.15) is 12.7 Å². The molecule has 1 heterocycles. The highest BCUT2D eigenvalue weighted by Crippen LogP contribution is 2.22. The minimum Gasteiger partial charge on any atom is -0.445 e. The first-order valence-electron chi connectivity index (χ1n) is 7.45. The van der Waals surface area contributed by atoms with Gasteiger partial charge in [0.2, 0.25) is 0 Å². The molecule has 0 radical (unpaired) electrons. The molecule has 4 nitrogen and oxygen atoms in total. The summed E-state index contributed by atoms with van der Waals surface area (Å²) in [4.78, 5) is 13.9. The highest BCUT2D eigenvalue weighted by Gasteiger charge is 2.26. The Kier molecular flexibility index (Phi) is 4.71. The molecule has 22 heavy (non-hydrogen) atoms. The summed E-state index contributed by atoms with van der Waals surface area (Å²) in [6.45, 7) is 1.92. The van der Waals surface area contributed by atoms with Crippen LogP contribution in [0.5, 0.6) is 0 Å². The van der Waals surface area contributed by atoms with Crippen LogP contribution in [0.2, 0.25) is 0 Å². The minimum absolute atomic E-state index is 0.0841. The largest absolute Gasteiger partial charge is 0.445 e. The van der Waals surface area contributed by atoms with Gasteiger partial charge in [0.15, 0.2) is 0 Å². The van der Waals surface area contributed by atoms with Crippen LogP contribution in [-0.4, -0.2) is 30.7 Å². The van der Waals surface area contributed by atoms with E-state index in [-0.39, 0.29) is 12.2 Å². The van der Waals surface area contributed by atoms with E-state index >= 15 is 0 Å². The summed E-state index contributed by atoms with van der Waals surface area (Å²) in [5.74, 6) is 0. The number of benzene rings is 2. The topological polar surface area (TPSA) is 38.8 Å². The third-order valence-electron chi connectivity index (χ3n) is 3.70. The fraction of sp³-hybridized carbons (Fsp3) is 0.278. The molecule has 1 atom stereocenters. The second kappa shape index (κ2) is 7.09. The molecule has 3 rings (SSSR count). The van der Waals surface area contributed by atoms with Crippen molar-refractivity contribution in [3.05, 3.63) is 71.8 Å². The van der Waals surface area contributed by atoms with E-state index in [1.54, 1.807) is 4.90 Å². The van der Waals surface area contributed by atoms with Gasteiger partial charge in [0, 0.05) is 6.54 Å². The average molecular weight is 297 g/mol.